The van der Waals surface area contributed by atoms with Gasteiger partial charge in [0.25, 0.3) is 0 Å². The molecule has 0 unspecified atom stereocenters. The van der Waals surface area contributed by atoms with Crippen molar-refractivity contribution in [3.63, 3.8) is 0 Å². The van der Waals surface area contributed by atoms with E-state index in [1.54, 1.807) is 11.3 Å². The van der Waals surface area contributed by atoms with Gasteiger partial charge in [0.15, 0.2) is 0 Å². The summed E-state index contributed by atoms with van der Waals surface area (Å²) in [6.07, 6.45) is 0. The van der Waals surface area contributed by atoms with Gasteiger partial charge >= 0.3 is 0 Å². The van der Waals surface area contributed by atoms with Crippen molar-refractivity contribution in [3.8, 4) is 17.6 Å². The number of para-hydroxylation sites is 1. The summed E-state index contributed by atoms with van der Waals surface area (Å²) in [5.41, 5.74) is 1.23. The van der Waals surface area contributed by atoms with Crippen LogP contribution in [0.15, 0.2) is 36.4 Å². The molecule has 0 amide bonds. The number of hydrogen-bond acceptors (Lipinski definition) is 3. The molecule has 1 aromatic carbocycles. The van der Waals surface area contributed by atoms with Gasteiger partial charge in [-0.2, -0.15) is 0 Å². The Morgan fingerprint density at radius 1 is 1.20 bits per heavy atom. The third-order valence-electron chi connectivity index (χ3n) is 2.86. The number of thiophene rings is 1. The fourth-order valence-electron chi connectivity index (χ4n) is 1.89. The van der Waals surface area contributed by atoms with Crippen LogP contribution < -0.4 is 4.74 Å². The normalized spacial score (nSPS) is 10.2. The Hall–Kier alpha value is -1.76. The highest BCUT2D eigenvalue weighted by atomic mass is 32.1. The largest absolute Gasteiger partial charge is 0.488 e. The molecule has 2 aromatic rings. The molecule has 0 aliphatic carbocycles. The van der Waals surface area contributed by atoms with E-state index in [-0.39, 0.29) is 6.61 Å². The van der Waals surface area contributed by atoms with Gasteiger partial charge in [-0.15, -0.1) is 11.3 Å². The maximum Gasteiger partial charge on any atom is 0.123 e. The monoisotopic (exact) mass is 286 g/mol. The molecule has 0 aliphatic rings. The van der Waals surface area contributed by atoms with E-state index in [0.29, 0.717) is 12.5 Å². The summed E-state index contributed by atoms with van der Waals surface area (Å²) in [5.74, 6) is 6.94. The minimum absolute atomic E-state index is 0.106. The summed E-state index contributed by atoms with van der Waals surface area (Å²) in [6, 6.07) is 12.1. The van der Waals surface area contributed by atoms with Gasteiger partial charge in [0.1, 0.15) is 19.0 Å². The predicted octanol–water partition coefficient (Wildman–Crippen LogP) is 3.79. The Bertz CT molecular complexity index is 617. The van der Waals surface area contributed by atoms with Crippen molar-refractivity contribution in [3.05, 3.63) is 51.7 Å². The first kappa shape index (κ1) is 14.6. The fourth-order valence-corrected chi connectivity index (χ4v) is 2.68. The summed E-state index contributed by atoms with van der Waals surface area (Å²) in [4.78, 5) is 2.08. The highest BCUT2D eigenvalue weighted by Gasteiger charge is 2.07. The lowest BCUT2D eigenvalue weighted by Crippen LogP contribution is -1.98. The maximum atomic E-state index is 8.68. The average Bonchev–Trinajstić information content (AvgIpc) is 2.91. The molecule has 1 aromatic heterocycles. The summed E-state index contributed by atoms with van der Waals surface area (Å²) in [5, 5.41) is 8.68. The minimum atomic E-state index is -0.106. The molecule has 0 saturated heterocycles. The molecule has 0 bridgehead atoms. The zero-order valence-electron chi connectivity index (χ0n) is 11.7. The fraction of sp³-hybridized carbons (Fsp3) is 0.294. The van der Waals surface area contributed by atoms with Crippen LogP contribution in [-0.2, 0) is 6.61 Å². The van der Waals surface area contributed by atoms with Gasteiger partial charge in [0.2, 0.25) is 0 Å². The van der Waals surface area contributed by atoms with Crippen LogP contribution in [0.2, 0.25) is 0 Å². The molecule has 0 atom stereocenters. The standard InChI is InChI=1S/C17H18O2S/c1-13(2)16-7-3-4-8-17(16)19-12-15-10-9-14(20-15)6-5-11-18/h3-4,7-10,13,18H,11-12H2,1-2H3. The Kier molecular flexibility index (Phi) is 5.23. The van der Waals surface area contributed by atoms with Crippen molar-refractivity contribution in [1.82, 2.24) is 0 Å². The maximum absolute atomic E-state index is 8.68. The van der Waals surface area contributed by atoms with E-state index in [1.165, 1.54) is 5.56 Å². The van der Waals surface area contributed by atoms with Crippen LogP contribution >= 0.6 is 11.3 Å². The second kappa shape index (κ2) is 7.14. The molecule has 1 heterocycles. The molecular formula is C17H18O2S. The van der Waals surface area contributed by atoms with Gasteiger partial charge in [0, 0.05) is 4.88 Å². The molecule has 0 fully saturated rings. The van der Waals surface area contributed by atoms with E-state index in [1.807, 2.05) is 30.3 Å². The highest BCUT2D eigenvalue weighted by Crippen LogP contribution is 2.27. The second-order valence-electron chi connectivity index (χ2n) is 4.71. The molecule has 104 valence electrons. The van der Waals surface area contributed by atoms with Crippen molar-refractivity contribution >= 4 is 11.3 Å². The van der Waals surface area contributed by atoms with Crippen molar-refractivity contribution in [2.45, 2.75) is 26.4 Å². The lowest BCUT2D eigenvalue weighted by molar-refractivity contribution is 0.305. The molecule has 0 radical (unpaired) electrons. The number of rotatable bonds is 4. The van der Waals surface area contributed by atoms with Gasteiger partial charge in [0.05, 0.1) is 4.88 Å². The molecule has 0 spiro atoms. The Balaban J connectivity index is 2.04. The van der Waals surface area contributed by atoms with Crippen molar-refractivity contribution in [2.24, 2.45) is 0 Å². The van der Waals surface area contributed by atoms with Crippen LogP contribution in [0.3, 0.4) is 0 Å². The van der Waals surface area contributed by atoms with Crippen LogP contribution in [0, 0.1) is 11.8 Å². The summed E-state index contributed by atoms with van der Waals surface area (Å²) < 4.78 is 5.92. The molecular weight excluding hydrogens is 268 g/mol. The summed E-state index contributed by atoms with van der Waals surface area (Å²) in [7, 11) is 0. The first-order valence-electron chi connectivity index (χ1n) is 6.61. The van der Waals surface area contributed by atoms with E-state index in [2.05, 4.69) is 31.8 Å². The molecule has 20 heavy (non-hydrogen) atoms. The van der Waals surface area contributed by atoms with E-state index in [0.717, 1.165) is 15.5 Å². The molecule has 2 nitrogen and oxygen atoms in total. The molecule has 1 N–H and O–H groups in total. The number of aliphatic hydroxyl groups is 1. The lowest BCUT2D eigenvalue weighted by atomic mass is 10.0. The topological polar surface area (TPSA) is 29.5 Å². The molecule has 2 rings (SSSR count). The summed E-state index contributed by atoms with van der Waals surface area (Å²) >= 11 is 1.60. The molecule has 3 heteroatoms. The second-order valence-corrected chi connectivity index (χ2v) is 5.88. The van der Waals surface area contributed by atoms with Crippen LogP contribution in [0.5, 0.6) is 5.75 Å². The van der Waals surface area contributed by atoms with Gasteiger partial charge in [-0.1, -0.05) is 43.9 Å². The van der Waals surface area contributed by atoms with Crippen LogP contribution in [0.4, 0.5) is 0 Å². The average molecular weight is 286 g/mol. The summed E-state index contributed by atoms with van der Waals surface area (Å²) in [6.45, 7) is 4.77. The highest BCUT2D eigenvalue weighted by molar-refractivity contribution is 7.12. The van der Waals surface area contributed by atoms with E-state index < -0.39 is 0 Å². The first-order chi connectivity index (χ1) is 9.70. The van der Waals surface area contributed by atoms with E-state index >= 15 is 0 Å². The third kappa shape index (κ3) is 3.86. The SMILES string of the molecule is CC(C)c1ccccc1OCc1ccc(C#CCO)s1. The van der Waals surface area contributed by atoms with Crippen molar-refractivity contribution in [1.29, 1.82) is 0 Å². The van der Waals surface area contributed by atoms with Crippen LogP contribution in [0.25, 0.3) is 0 Å². The lowest BCUT2D eigenvalue weighted by Gasteiger charge is -2.13. The number of benzene rings is 1. The van der Waals surface area contributed by atoms with Gasteiger partial charge < -0.3 is 9.84 Å². The van der Waals surface area contributed by atoms with Gasteiger partial charge in [-0.25, -0.2) is 0 Å². The zero-order chi connectivity index (χ0) is 14.4. The number of hydrogen-bond donors (Lipinski definition) is 1. The Morgan fingerprint density at radius 3 is 2.75 bits per heavy atom. The van der Waals surface area contributed by atoms with Gasteiger partial charge in [-0.3, -0.25) is 0 Å². The third-order valence-corrected chi connectivity index (χ3v) is 3.84. The Morgan fingerprint density at radius 2 is 2.00 bits per heavy atom. The van der Waals surface area contributed by atoms with Crippen LogP contribution in [0.1, 0.15) is 35.1 Å². The van der Waals surface area contributed by atoms with Crippen molar-refractivity contribution in [2.75, 3.05) is 6.61 Å². The van der Waals surface area contributed by atoms with Crippen LogP contribution in [-0.4, -0.2) is 11.7 Å². The predicted molar refractivity (Wildman–Crippen MR) is 83.1 cm³/mol. The first-order valence-corrected chi connectivity index (χ1v) is 7.42. The number of aliphatic hydroxyl groups excluding tert-OH is 1. The van der Waals surface area contributed by atoms with E-state index in [9.17, 15) is 0 Å². The quantitative estimate of drug-likeness (QED) is 0.866. The smallest absolute Gasteiger partial charge is 0.123 e. The van der Waals surface area contributed by atoms with E-state index in [4.69, 9.17) is 9.84 Å². The molecule has 0 aliphatic heterocycles. The Labute approximate surface area is 124 Å². The minimum Gasteiger partial charge on any atom is -0.488 e. The molecule has 0 saturated carbocycles. The van der Waals surface area contributed by atoms with Crippen molar-refractivity contribution < 1.29 is 9.84 Å². The van der Waals surface area contributed by atoms with Gasteiger partial charge in [-0.05, 0) is 29.7 Å². The number of ether oxygens (including phenoxy) is 1. The zero-order valence-corrected chi connectivity index (χ0v) is 12.5.